The fourth-order valence-corrected chi connectivity index (χ4v) is 0. The molecule has 3 N–H and O–H groups in total. The van der Waals surface area contributed by atoms with Crippen molar-refractivity contribution < 1.29 is 4.76 Å². The summed E-state index contributed by atoms with van der Waals surface area (Å²) in [6.07, 6.45) is 0. The Morgan fingerprint density at radius 3 is 2.25 bits per heavy atom. The summed E-state index contributed by atoms with van der Waals surface area (Å²) in [7, 11) is 0.653. The van der Waals surface area contributed by atoms with Gasteiger partial charge in [0.2, 0.25) is 0 Å². The van der Waals surface area contributed by atoms with Gasteiger partial charge in [0.1, 0.15) is 0 Å². The Morgan fingerprint density at radius 1 is 2.00 bits per heavy atom. The molecule has 0 fully saturated rings. The predicted molar refractivity (Wildman–Crippen MR) is 13.7 cm³/mol. The monoisotopic (exact) mass is 58.0 g/mol. The third kappa shape index (κ3) is 1.62. The summed E-state index contributed by atoms with van der Waals surface area (Å²) in [4.78, 5) is 0. The molecule has 0 spiro atoms. The summed E-state index contributed by atoms with van der Waals surface area (Å²) in [5, 5.41) is 5.98. The molecule has 0 heterocycles. The van der Waals surface area contributed by atoms with E-state index >= 15 is 0 Å². The van der Waals surface area contributed by atoms with E-state index in [-0.39, 0.29) is 0 Å². The van der Waals surface area contributed by atoms with Crippen LogP contribution in [-0.4, -0.2) is 7.27 Å². The third-order valence-electron chi connectivity index (χ3n) is 0.0680. The minimum absolute atomic E-state index is 0.653. The van der Waals surface area contributed by atoms with Crippen LogP contribution in [0.4, 0.5) is 0 Å². The second-order valence-electron chi connectivity index (χ2n) is 0.254. The molecule has 0 saturated carbocycles. The van der Waals surface area contributed by atoms with Crippen LogP contribution in [0.5, 0.6) is 0 Å². The van der Waals surface area contributed by atoms with Crippen LogP contribution in [0.2, 0.25) is 0 Å². The van der Waals surface area contributed by atoms with E-state index in [1.54, 1.807) is 0 Å². The van der Waals surface area contributed by atoms with Crippen molar-refractivity contribution >= 4 is 7.27 Å². The number of hydrogen-bond acceptors (Lipinski definition) is 3. The zero-order valence-electron chi connectivity index (χ0n) is 2.06. The molecule has 0 radical (unpaired) electrons. The van der Waals surface area contributed by atoms with E-state index in [0.717, 1.165) is 0 Å². The fourth-order valence-electron chi connectivity index (χ4n) is 0. The Morgan fingerprint density at radius 2 is 2.25 bits per heavy atom. The number of hydrogen-bond donors (Lipinski definition) is 2. The number of rotatable bonds is 1. The van der Waals surface area contributed by atoms with Crippen LogP contribution in [0, 0.1) is 5.31 Å². The normalized spacial score (nSPS) is 4.25. The quantitative estimate of drug-likeness (QED) is 0.308. The summed E-state index contributed by atoms with van der Waals surface area (Å²) in [5.41, 5.74) is 0. The van der Waals surface area contributed by atoms with E-state index in [4.69, 9.17) is 5.31 Å². The van der Waals surface area contributed by atoms with Crippen molar-refractivity contribution in [1.82, 2.24) is 0 Å². The molecule has 0 aliphatic heterocycles. The van der Waals surface area contributed by atoms with Crippen LogP contribution in [0.15, 0.2) is 0 Å². The van der Waals surface area contributed by atoms with E-state index < -0.39 is 0 Å². The Hall–Kier alpha value is -0.375. The summed E-state index contributed by atoms with van der Waals surface area (Å²) in [6, 6.07) is 0. The van der Waals surface area contributed by atoms with Crippen molar-refractivity contribution in [3.63, 3.8) is 0 Å². The molecule has 22 valence electrons. The van der Waals surface area contributed by atoms with Crippen LogP contribution in [-0.2, 0) is 4.76 Å². The minimum atomic E-state index is 0.653. The maximum absolute atomic E-state index is 5.98. The topological polar surface area (TPSA) is 59.1 Å². The summed E-state index contributed by atoms with van der Waals surface area (Å²) in [6.45, 7) is 0. The molecular weight excluding hydrogens is 54.8 g/mol. The van der Waals surface area contributed by atoms with Gasteiger partial charge in [-0.1, -0.05) is 0 Å². The van der Waals surface area contributed by atoms with E-state index in [2.05, 4.69) is 10.7 Å². The Bertz CT molecular complexity index is 20.0. The van der Waals surface area contributed by atoms with Gasteiger partial charge in [0, 0.05) is 0 Å². The van der Waals surface area contributed by atoms with Gasteiger partial charge in [-0.2, -0.15) is 0 Å². The molecule has 4 heteroatoms. The second kappa shape index (κ2) is 2.62. The molecule has 0 unspecified atom stereocenters. The van der Waals surface area contributed by atoms with Gasteiger partial charge in [-0.15, -0.1) is 0 Å². The number of nitrogens with one attached hydrogen (secondary N) is 1. The molecule has 0 aromatic rings. The molecule has 4 heavy (non-hydrogen) atoms. The molecular formula is H3BN2O. The van der Waals surface area contributed by atoms with Gasteiger partial charge >= 0.3 is 23.2 Å². The van der Waals surface area contributed by atoms with Crippen molar-refractivity contribution in [2.45, 2.75) is 0 Å². The SMILES string of the molecule is N=BON. The first-order valence-electron chi connectivity index (χ1n) is 0.760. The van der Waals surface area contributed by atoms with Crippen molar-refractivity contribution in [2.24, 2.45) is 5.90 Å². The third-order valence-corrected chi connectivity index (χ3v) is 0.0680. The van der Waals surface area contributed by atoms with Gasteiger partial charge in [0.25, 0.3) is 0 Å². The molecule has 0 atom stereocenters. The average molecular weight is 57.8 g/mol. The van der Waals surface area contributed by atoms with Crippen LogP contribution in [0.3, 0.4) is 0 Å². The van der Waals surface area contributed by atoms with Crippen LogP contribution in [0.25, 0.3) is 0 Å². The standard InChI is InChI=1S/BH3N2O/c2-1-4-3/h2H,3H2. The zero-order chi connectivity index (χ0) is 3.41. The van der Waals surface area contributed by atoms with Crippen LogP contribution >= 0.6 is 0 Å². The van der Waals surface area contributed by atoms with Gasteiger partial charge in [0.05, 0.1) is 0 Å². The summed E-state index contributed by atoms with van der Waals surface area (Å²) < 4.78 is 3.58. The van der Waals surface area contributed by atoms with Crippen molar-refractivity contribution in [2.75, 3.05) is 0 Å². The van der Waals surface area contributed by atoms with Crippen molar-refractivity contribution in [3.8, 4) is 0 Å². The fraction of sp³-hybridized carbons (Fsp3) is 0. The maximum atomic E-state index is 5.98. The van der Waals surface area contributed by atoms with E-state index in [0.29, 0.717) is 7.27 Å². The van der Waals surface area contributed by atoms with Gasteiger partial charge in [-0.05, 0) is 0 Å². The predicted octanol–water partition coefficient (Wildman–Crippen LogP) is -0.742. The molecule has 0 aromatic carbocycles. The zero-order valence-corrected chi connectivity index (χ0v) is 2.06. The van der Waals surface area contributed by atoms with E-state index in [9.17, 15) is 0 Å². The average Bonchev–Trinajstić information content (AvgIpc) is 1.37. The van der Waals surface area contributed by atoms with Gasteiger partial charge < -0.3 is 0 Å². The first kappa shape index (κ1) is 3.62. The van der Waals surface area contributed by atoms with Crippen LogP contribution < -0.4 is 5.90 Å². The van der Waals surface area contributed by atoms with Gasteiger partial charge in [-0.3, -0.25) is 0 Å². The molecule has 3 nitrogen and oxygen atoms in total. The first-order chi connectivity index (χ1) is 1.91. The molecule has 0 rings (SSSR count). The van der Waals surface area contributed by atoms with Crippen LogP contribution in [0.1, 0.15) is 0 Å². The number of nitrogens with two attached hydrogens (primary N) is 1. The van der Waals surface area contributed by atoms with E-state index in [1.165, 1.54) is 0 Å². The summed E-state index contributed by atoms with van der Waals surface area (Å²) in [5.74, 6) is 4.28. The van der Waals surface area contributed by atoms with Gasteiger partial charge in [0.15, 0.2) is 0 Å². The molecule has 0 aliphatic carbocycles. The summed E-state index contributed by atoms with van der Waals surface area (Å²) >= 11 is 0. The second-order valence-corrected chi connectivity index (χ2v) is 0.254. The molecule has 0 aromatic heterocycles. The Kier molecular flexibility index (Phi) is 2.38. The van der Waals surface area contributed by atoms with Crippen molar-refractivity contribution in [3.05, 3.63) is 0 Å². The first-order valence-corrected chi connectivity index (χ1v) is 0.760. The molecule has 0 amide bonds. The van der Waals surface area contributed by atoms with E-state index in [1.807, 2.05) is 0 Å². The molecule has 0 saturated heterocycles. The molecule has 0 aliphatic rings. The Balaban J connectivity index is 2.30. The van der Waals surface area contributed by atoms with Gasteiger partial charge in [-0.25, -0.2) is 0 Å². The Labute approximate surface area is 24.5 Å². The molecule has 0 bridgehead atoms. The van der Waals surface area contributed by atoms with Crippen molar-refractivity contribution in [1.29, 1.82) is 5.31 Å².